The van der Waals surface area contributed by atoms with Crippen molar-refractivity contribution in [1.82, 2.24) is 0 Å². The molecule has 24 heavy (non-hydrogen) atoms. The van der Waals surface area contributed by atoms with E-state index in [1.54, 1.807) is 6.07 Å². The average molecular weight is 343 g/mol. The van der Waals surface area contributed by atoms with Crippen LogP contribution in [0.3, 0.4) is 0 Å². The molecule has 2 aromatic carbocycles. The van der Waals surface area contributed by atoms with Gasteiger partial charge in [0.05, 0.1) is 6.61 Å². The number of unbranched alkanes of at least 4 members (excludes halogenated alkanes) is 5. The van der Waals surface area contributed by atoms with Gasteiger partial charge in [-0.25, -0.2) is 0 Å². The highest BCUT2D eigenvalue weighted by atomic mass is 32.1. The minimum Gasteiger partial charge on any atom is -0.494 e. The van der Waals surface area contributed by atoms with Gasteiger partial charge in [-0.05, 0) is 35.7 Å². The largest absolute Gasteiger partial charge is 0.494 e. The third-order valence-electron chi connectivity index (χ3n) is 4.09. The molecule has 2 nitrogen and oxygen atoms in total. The van der Waals surface area contributed by atoms with Crippen LogP contribution in [0.5, 0.6) is 5.75 Å². The molecule has 0 fully saturated rings. The Bertz CT molecular complexity index is 635. The molecule has 0 amide bonds. The Morgan fingerprint density at radius 2 is 1.58 bits per heavy atom. The zero-order chi connectivity index (χ0) is 17.2. The molecule has 0 N–H and O–H groups in total. The van der Waals surface area contributed by atoms with Crippen LogP contribution in [0.15, 0.2) is 48.5 Å². The van der Waals surface area contributed by atoms with Gasteiger partial charge in [0.1, 0.15) is 5.75 Å². The molecule has 0 aliphatic heterocycles. The summed E-state index contributed by atoms with van der Waals surface area (Å²) in [6, 6.07) is 15.4. The molecule has 128 valence electrons. The number of ether oxygens (including phenoxy) is 1. The van der Waals surface area contributed by atoms with Crippen LogP contribution in [0.4, 0.5) is 0 Å². The van der Waals surface area contributed by atoms with Gasteiger partial charge in [-0.1, -0.05) is 69.4 Å². The molecular weight excluding hydrogens is 316 g/mol. The van der Waals surface area contributed by atoms with Crippen LogP contribution in [0.2, 0.25) is 0 Å². The van der Waals surface area contributed by atoms with Gasteiger partial charge in [0.15, 0.2) is 0 Å². The van der Waals surface area contributed by atoms with Gasteiger partial charge in [-0.3, -0.25) is 4.79 Å². The molecule has 2 aromatic rings. The SMILES string of the molecule is CCCCCCCCOc1ccc(-c2ccccc2C(=O)S)cc1. The van der Waals surface area contributed by atoms with Gasteiger partial charge >= 0.3 is 0 Å². The highest BCUT2D eigenvalue weighted by molar-refractivity contribution is 7.97. The average Bonchev–Trinajstić information content (AvgIpc) is 2.61. The second-order valence-electron chi connectivity index (χ2n) is 5.99. The number of rotatable bonds is 10. The van der Waals surface area contributed by atoms with Crippen molar-refractivity contribution < 1.29 is 9.53 Å². The van der Waals surface area contributed by atoms with E-state index in [-0.39, 0.29) is 5.12 Å². The van der Waals surface area contributed by atoms with Gasteiger partial charge in [-0.2, -0.15) is 0 Å². The molecule has 0 saturated carbocycles. The Labute approximate surface area is 150 Å². The van der Waals surface area contributed by atoms with Gasteiger partial charge in [0.25, 0.3) is 0 Å². The second-order valence-corrected chi connectivity index (χ2v) is 6.40. The van der Waals surface area contributed by atoms with Crippen LogP contribution in [0.1, 0.15) is 55.8 Å². The molecule has 0 aromatic heterocycles. The molecule has 2 rings (SSSR count). The van der Waals surface area contributed by atoms with Crippen LogP contribution >= 0.6 is 12.6 Å². The van der Waals surface area contributed by atoms with Crippen molar-refractivity contribution in [3.8, 4) is 16.9 Å². The lowest BCUT2D eigenvalue weighted by atomic mass is 10.0. The lowest BCUT2D eigenvalue weighted by molar-refractivity contribution is 0.109. The van der Waals surface area contributed by atoms with E-state index in [1.165, 1.54) is 32.1 Å². The maximum absolute atomic E-state index is 11.6. The normalized spacial score (nSPS) is 10.6. The zero-order valence-electron chi connectivity index (χ0n) is 14.3. The minimum atomic E-state index is -0.214. The molecule has 3 heteroatoms. The molecule has 0 aliphatic rings. The summed E-state index contributed by atoms with van der Waals surface area (Å²) in [6.07, 6.45) is 7.57. The van der Waals surface area contributed by atoms with E-state index in [2.05, 4.69) is 19.6 Å². The maximum atomic E-state index is 11.6. The molecule has 0 aliphatic carbocycles. The monoisotopic (exact) mass is 342 g/mol. The summed E-state index contributed by atoms with van der Waals surface area (Å²) in [6.45, 7) is 2.99. The first-order valence-corrected chi connectivity index (χ1v) is 9.22. The van der Waals surface area contributed by atoms with Crippen molar-refractivity contribution in [3.63, 3.8) is 0 Å². The fourth-order valence-electron chi connectivity index (χ4n) is 2.72. The predicted molar refractivity (Wildman–Crippen MR) is 104 cm³/mol. The Morgan fingerprint density at radius 3 is 2.29 bits per heavy atom. The van der Waals surface area contributed by atoms with Gasteiger partial charge < -0.3 is 4.74 Å². The summed E-state index contributed by atoms with van der Waals surface area (Å²) >= 11 is 3.95. The standard InChI is InChI=1S/C21H26O2S/c1-2-3-4-5-6-9-16-23-18-14-12-17(13-15-18)19-10-7-8-11-20(19)21(22)24/h7-8,10-15H,2-6,9,16H2,1H3,(H,22,24). The van der Waals surface area contributed by atoms with Crippen molar-refractivity contribution in [2.24, 2.45) is 0 Å². The Morgan fingerprint density at radius 1 is 0.917 bits per heavy atom. The van der Waals surface area contributed by atoms with Crippen molar-refractivity contribution in [3.05, 3.63) is 54.1 Å². The van der Waals surface area contributed by atoms with E-state index in [0.29, 0.717) is 5.56 Å². The summed E-state index contributed by atoms with van der Waals surface area (Å²) in [5.74, 6) is 0.877. The van der Waals surface area contributed by atoms with E-state index in [1.807, 2.05) is 42.5 Å². The third-order valence-corrected chi connectivity index (χ3v) is 4.33. The lowest BCUT2D eigenvalue weighted by Gasteiger charge is -2.09. The first-order valence-electron chi connectivity index (χ1n) is 8.78. The summed E-state index contributed by atoms with van der Waals surface area (Å²) in [4.78, 5) is 11.6. The molecule has 0 atom stereocenters. The highest BCUT2D eigenvalue weighted by Gasteiger charge is 2.09. The first-order chi connectivity index (χ1) is 11.7. The first kappa shape index (κ1) is 18.6. The van der Waals surface area contributed by atoms with Gasteiger partial charge in [0, 0.05) is 5.56 Å². The van der Waals surface area contributed by atoms with E-state index >= 15 is 0 Å². The molecule has 0 saturated heterocycles. The van der Waals surface area contributed by atoms with E-state index in [4.69, 9.17) is 4.74 Å². The van der Waals surface area contributed by atoms with Crippen molar-refractivity contribution in [2.45, 2.75) is 45.4 Å². The van der Waals surface area contributed by atoms with Crippen molar-refractivity contribution in [2.75, 3.05) is 6.61 Å². The quantitative estimate of drug-likeness (QED) is 0.413. The summed E-state index contributed by atoms with van der Waals surface area (Å²) in [5.41, 5.74) is 2.53. The maximum Gasteiger partial charge on any atom is 0.216 e. The summed E-state index contributed by atoms with van der Waals surface area (Å²) in [5, 5.41) is -0.214. The van der Waals surface area contributed by atoms with E-state index in [0.717, 1.165) is 29.9 Å². The molecule has 0 bridgehead atoms. The molecule has 0 unspecified atom stereocenters. The number of hydrogen-bond acceptors (Lipinski definition) is 2. The zero-order valence-corrected chi connectivity index (χ0v) is 15.2. The fourth-order valence-corrected chi connectivity index (χ4v) is 2.92. The topological polar surface area (TPSA) is 26.3 Å². The second kappa shape index (κ2) is 10.2. The third kappa shape index (κ3) is 5.72. The van der Waals surface area contributed by atoms with Crippen LogP contribution < -0.4 is 4.74 Å². The number of carbonyl (C=O) groups is 1. The summed E-state index contributed by atoms with van der Waals surface area (Å²) in [7, 11) is 0. The van der Waals surface area contributed by atoms with E-state index in [9.17, 15) is 4.79 Å². The molecular formula is C21H26O2S. The van der Waals surface area contributed by atoms with Crippen molar-refractivity contribution >= 4 is 17.7 Å². The lowest BCUT2D eigenvalue weighted by Crippen LogP contribution is -1.97. The van der Waals surface area contributed by atoms with Crippen LogP contribution in [-0.2, 0) is 0 Å². The van der Waals surface area contributed by atoms with Crippen molar-refractivity contribution in [1.29, 1.82) is 0 Å². The molecule has 0 spiro atoms. The van der Waals surface area contributed by atoms with Crippen LogP contribution in [0.25, 0.3) is 11.1 Å². The Kier molecular flexibility index (Phi) is 7.90. The van der Waals surface area contributed by atoms with Gasteiger partial charge in [0.2, 0.25) is 5.12 Å². The van der Waals surface area contributed by atoms with E-state index < -0.39 is 0 Å². The number of thiol groups is 1. The van der Waals surface area contributed by atoms with Crippen LogP contribution in [0, 0.1) is 0 Å². The fraction of sp³-hybridized carbons (Fsp3) is 0.381. The molecule has 0 radical (unpaired) electrons. The smallest absolute Gasteiger partial charge is 0.216 e. The summed E-state index contributed by atoms with van der Waals surface area (Å²) < 4.78 is 5.80. The molecule has 0 heterocycles. The predicted octanol–water partition coefficient (Wildman–Crippen LogP) is 6.16. The van der Waals surface area contributed by atoms with Crippen LogP contribution in [-0.4, -0.2) is 11.7 Å². The number of benzene rings is 2. The van der Waals surface area contributed by atoms with Gasteiger partial charge in [-0.15, -0.1) is 12.6 Å². The number of hydrogen-bond donors (Lipinski definition) is 1. The Hall–Kier alpha value is -1.74. The highest BCUT2D eigenvalue weighted by Crippen LogP contribution is 2.26. The minimum absolute atomic E-state index is 0.214. The Balaban J connectivity index is 1.86. The number of carbonyl (C=O) groups excluding carboxylic acids is 1.